The van der Waals surface area contributed by atoms with Gasteiger partial charge in [-0.25, -0.2) is 9.59 Å². The van der Waals surface area contributed by atoms with Gasteiger partial charge < -0.3 is 5.11 Å². The fraction of sp³-hybridized carbons (Fsp3) is 0. The van der Waals surface area contributed by atoms with Crippen LogP contribution in [0.5, 0.6) is 0 Å². The van der Waals surface area contributed by atoms with Gasteiger partial charge >= 0.3 is 12.0 Å². The van der Waals surface area contributed by atoms with E-state index in [0.717, 1.165) is 0 Å². The largest absolute Gasteiger partial charge is 0.476 e. The maximum Gasteiger partial charge on any atom is 0.368 e. The summed E-state index contributed by atoms with van der Waals surface area (Å²) in [6.45, 7) is 0. The number of carbonyl (C=O) groups is 2. The first-order valence-corrected chi connectivity index (χ1v) is 4.19. The normalized spacial score (nSPS) is 14.8. The third kappa shape index (κ3) is 1.67. The number of benzene rings is 1. The lowest BCUT2D eigenvalue weighted by Gasteiger charge is -1.99. The van der Waals surface area contributed by atoms with E-state index in [1.165, 1.54) is 0 Å². The minimum absolute atomic E-state index is 0.119. The van der Waals surface area contributed by atoms with E-state index in [-0.39, 0.29) is 11.4 Å². The quantitative estimate of drug-likeness (QED) is 0.780. The summed E-state index contributed by atoms with van der Waals surface area (Å²) >= 11 is 0. The predicted octanol–water partition coefficient (Wildman–Crippen LogP) is 1.13. The second-order valence-corrected chi connectivity index (χ2v) is 2.87. The highest BCUT2D eigenvalue weighted by atomic mass is 16.4. The highest BCUT2D eigenvalue weighted by molar-refractivity contribution is 6.71. The van der Waals surface area contributed by atoms with Gasteiger partial charge in [-0.2, -0.15) is 9.98 Å². The number of carboxylic acid groups (broad SMARTS) is 1. The Hall–Kier alpha value is -2.30. The Morgan fingerprint density at radius 1 is 1.13 bits per heavy atom. The lowest BCUT2D eigenvalue weighted by Crippen LogP contribution is -2.22. The molecule has 0 radical (unpaired) electrons. The fourth-order valence-electron chi connectivity index (χ4n) is 1.27. The third-order valence-corrected chi connectivity index (χ3v) is 1.89. The molecule has 1 aromatic rings. The zero-order valence-electron chi connectivity index (χ0n) is 7.54. The molecule has 0 aromatic heterocycles. The summed E-state index contributed by atoms with van der Waals surface area (Å²) in [7, 11) is 0. The molecular weight excluding hydrogens is 196 g/mol. The Kier molecular flexibility index (Phi) is 2.13. The number of hydrogen-bond acceptors (Lipinski definition) is 2. The van der Waals surface area contributed by atoms with Gasteiger partial charge in [0.15, 0.2) is 5.71 Å². The zero-order valence-corrected chi connectivity index (χ0v) is 7.54. The minimum Gasteiger partial charge on any atom is -0.476 e. The van der Waals surface area contributed by atoms with Crippen LogP contribution < -0.4 is 0 Å². The van der Waals surface area contributed by atoms with Crippen molar-refractivity contribution in [3.63, 3.8) is 0 Å². The van der Waals surface area contributed by atoms with E-state index < -0.39 is 12.0 Å². The van der Waals surface area contributed by atoms with E-state index in [2.05, 4.69) is 9.98 Å². The molecular formula is C10H6N2O3. The first kappa shape index (κ1) is 9.26. The molecule has 1 aliphatic rings. The van der Waals surface area contributed by atoms with Crippen molar-refractivity contribution in [3.8, 4) is 0 Å². The Bertz CT molecular complexity index is 489. The van der Waals surface area contributed by atoms with Crippen LogP contribution >= 0.6 is 0 Å². The molecule has 15 heavy (non-hydrogen) atoms. The van der Waals surface area contributed by atoms with Crippen molar-refractivity contribution in [3.05, 3.63) is 35.9 Å². The van der Waals surface area contributed by atoms with E-state index in [0.29, 0.717) is 5.56 Å². The molecule has 0 bridgehead atoms. The molecule has 1 heterocycles. The van der Waals surface area contributed by atoms with Crippen molar-refractivity contribution in [2.45, 2.75) is 0 Å². The van der Waals surface area contributed by atoms with Crippen molar-refractivity contribution in [2.75, 3.05) is 0 Å². The van der Waals surface area contributed by atoms with Crippen LogP contribution in [0.2, 0.25) is 0 Å². The monoisotopic (exact) mass is 202 g/mol. The molecule has 0 atom stereocenters. The number of carbonyl (C=O) groups excluding carboxylic acids is 1. The Balaban J connectivity index is 2.47. The van der Waals surface area contributed by atoms with Crippen LogP contribution in [0.4, 0.5) is 4.79 Å². The van der Waals surface area contributed by atoms with Gasteiger partial charge in [0.25, 0.3) is 0 Å². The van der Waals surface area contributed by atoms with Crippen LogP contribution in [-0.4, -0.2) is 28.5 Å². The van der Waals surface area contributed by atoms with Gasteiger partial charge in [0.1, 0.15) is 5.71 Å². The zero-order chi connectivity index (χ0) is 10.8. The van der Waals surface area contributed by atoms with Crippen LogP contribution in [0, 0.1) is 0 Å². The maximum absolute atomic E-state index is 10.9. The van der Waals surface area contributed by atoms with Crippen LogP contribution in [0.3, 0.4) is 0 Å². The minimum atomic E-state index is -1.25. The van der Waals surface area contributed by atoms with Gasteiger partial charge in [-0.1, -0.05) is 30.3 Å². The average Bonchev–Trinajstić information content (AvgIpc) is 2.62. The number of rotatable bonds is 2. The van der Waals surface area contributed by atoms with E-state index >= 15 is 0 Å². The molecule has 1 aromatic carbocycles. The fourth-order valence-corrected chi connectivity index (χ4v) is 1.27. The molecule has 5 nitrogen and oxygen atoms in total. The van der Waals surface area contributed by atoms with Gasteiger partial charge in [0.2, 0.25) is 0 Å². The number of urea groups is 1. The van der Waals surface area contributed by atoms with Crippen molar-refractivity contribution in [2.24, 2.45) is 9.98 Å². The summed E-state index contributed by atoms with van der Waals surface area (Å²) in [5.41, 5.74) is 0.392. The number of aliphatic carboxylic acids is 1. The molecule has 2 amide bonds. The summed E-state index contributed by atoms with van der Waals surface area (Å²) in [6.07, 6.45) is 0. The van der Waals surface area contributed by atoms with E-state index in [9.17, 15) is 9.59 Å². The molecule has 0 saturated heterocycles. The second kappa shape index (κ2) is 3.45. The Morgan fingerprint density at radius 2 is 1.80 bits per heavy atom. The van der Waals surface area contributed by atoms with Crippen molar-refractivity contribution in [1.29, 1.82) is 0 Å². The standard InChI is InChI=1S/C10H6N2O3/c13-9(14)8-7(11-10(15)12-8)6-4-2-1-3-5-6/h1-5H,(H,13,14). The van der Waals surface area contributed by atoms with Gasteiger partial charge in [-0.3, -0.25) is 0 Å². The third-order valence-electron chi connectivity index (χ3n) is 1.89. The Morgan fingerprint density at radius 3 is 2.40 bits per heavy atom. The first-order valence-electron chi connectivity index (χ1n) is 4.19. The summed E-state index contributed by atoms with van der Waals surface area (Å²) in [5, 5.41) is 8.80. The number of hydrogen-bond donors (Lipinski definition) is 1. The molecule has 0 spiro atoms. The van der Waals surface area contributed by atoms with Crippen molar-refractivity contribution in [1.82, 2.24) is 0 Å². The van der Waals surface area contributed by atoms with Gasteiger partial charge in [0, 0.05) is 5.56 Å². The first-order chi connectivity index (χ1) is 7.18. The van der Waals surface area contributed by atoms with E-state index in [1.54, 1.807) is 30.3 Å². The van der Waals surface area contributed by atoms with Crippen molar-refractivity contribution >= 4 is 23.4 Å². The lowest BCUT2D eigenvalue weighted by molar-refractivity contribution is -0.129. The number of carboxylic acids is 1. The SMILES string of the molecule is O=C1N=C(C(=O)O)C(c2ccccc2)=N1. The highest BCUT2D eigenvalue weighted by Gasteiger charge is 2.26. The van der Waals surface area contributed by atoms with Crippen LogP contribution in [0.25, 0.3) is 0 Å². The summed E-state index contributed by atoms with van der Waals surface area (Å²) in [6, 6.07) is 7.84. The van der Waals surface area contributed by atoms with Crippen LogP contribution in [-0.2, 0) is 4.79 Å². The predicted molar refractivity (Wildman–Crippen MR) is 53.4 cm³/mol. The van der Waals surface area contributed by atoms with Gasteiger partial charge in [-0.05, 0) is 0 Å². The smallest absolute Gasteiger partial charge is 0.368 e. The molecule has 0 unspecified atom stereocenters. The van der Waals surface area contributed by atoms with Gasteiger partial charge in [-0.15, -0.1) is 0 Å². The number of aliphatic imine (C=N–C) groups is 2. The number of nitrogens with zero attached hydrogens (tertiary/aromatic N) is 2. The summed E-state index contributed by atoms with van der Waals surface area (Å²) < 4.78 is 0. The topological polar surface area (TPSA) is 79.1 Å². The molecule has 5 heteroatoms. The molecule has 0 saturated carbocycles. The molecule has 74 valence electrons. The summed E-state index contributed by atoms with van der Waals surface area (Å²) in [5.74, 6) is -1.25. The average molecular weight is 202 g/mol. The maximum atomic E-state index is 10.9. The van der Waals surface area contributed by atoms with Crippen molar-refractivity contribution < 1.29 is 14.7 Å². The van der Waals surface area contributed by atoms with E-state index in [1.807, 2.05) is 0 Å². The molecule has 2 rings (SSSR count). The van der Waals surface area contributed by atoms with Crippen LogP contribution in [0.1, 0.15) is 5.56 Å². The summed E-state index contributed by atoms with van der Waals surface area (Å²) in [4.78, 5) is 28.5. The molecule has 0 aliphatic carbocycles. The second-order valence-electron chi connectivity index (χ2n) is 2.87. The van der Waals surface area contributed by atoms with Crippen LogP contribution in [0.15, 0.2) is 40.3 Å². The molecule has 1 N–H and O–H groups in total. The van der Waals surface area contributed by atoms with E-state index in [4.69, 9.17) is 5.11 Å². The molecule has 0 fully saturated rings. The van der Waals surface area contributed by atoms with Gasteiger partial charge in [0.05, 0.1) is 0 Å². The molecule has 1 aliphatic heterocycles. The highest BCUT2D eigenvalue weighted by Crippen LogP contribution is 2.09. The lowest BCUT2D eigenvalue weighted by atomic mass is 10.1. The number of amides is 2. The Labute approximate surface area is 84.8 Å².